The van der Waals surface area contributed by atoms with Crippen LogP contribution in [0.15, 0.2) is 60.9 Å². The summed E-state index contributed by atoms with van der Waals surface area (Å²) in [5.74, 6) is 1.19. The van der Waals surface area contributed by atoms with Crippen molar-refractivity contribution in [2.75, 3.05) is 0 Å². The molecule has 2 aromatic carbocycles. The van der Waals surface area contributed by atoms with Crippen molar-refractivity contribution in [3.63, 3.8) is 0 Å². The van der Waals surface area contributed by atoms with E-state index in [2.05, 4.69) is 5.10 Å². The van der Waals surface area contributed by atoms with E-state index in [0.29, 0.717) is 21.5 Å². The van der Waals surface area contributed by atoms with Crippen molar-refractivity contribution in [2.45, 2.75) is 0 Å². The van der Waals surface area contributed by atoms with Gasteiger partial charge in [-0.25, -0.2) is 4.68 Å². The molecule has 1 aromatic heterocycles. The number of hydrogen-bond donors (Lipinski definition) is 0. The molecule has 100 valence electrons. The van der Waals surface area contributed by atoms with E-state index in [9.17, 15) is 0 Å². The molecule has 0 saturated carbocycles. The molecule has 0 N–H and O–H groups in total. The number of para-hydroxylation sites is 2. The molecule has 0 unspecified atom stereocenters. The Labute approximate surface area is 126 Å². The van der Waals surface area contributed by atoms with E-state index in [1.165, 1.54) is 0 Å². The van der Waals surface area contributed by atoms with Crippen LogP contribution in [0.5, 0.6) is 11.5 Å². The first kappa shape index (κ1) is 13.0. The molecule has 0 spiro atoms. The largest absolute Gasteiger partial charge is 0.452 e. The Bertz CT molecular complexity index is 740. The maximum Gasteiger partial charge on any atom is 0.165 e. The lowest BCUT2D eigenvalue weighted by atomic mass is 10.3. The zero-order chi connectivity index (χ0) is 13.9. The lowest BCUT2D eigenvalue weighted by molar-refractivity contribution is 0.483. The number of aromatic nitrogens is 2. The molecule has 0 aliphatic carbocycles. The Balaban J connectivity index is 1.88. The molecule has 0 atom stereocenters. The van der Waals surface area contributed by atoms with Crippen LogP contribution in [0.2, 0.25) is 10.0 Å². The van der Waals surface area contributed by atoms with Gasteiger partial charge in [0.2, 0.25) is 0 Å². The Morgan fingerprint density at radius 1 is 0.900 bits per heavy atom. The van der Waals surface area contributed by atoms with E-state index < -0.39 is 0 Å². The zero-order valence-electron chi connectivity index (χ0n) is 10.3. The van der Waals surface area contributed by atoms with Gasteiger partial charge in [-0.15, -0.1) is 0 Å². The minimum absolute atomic E-state index is 0.554. The summed E-state index contributed by atoms with van der Waals surface area (Å²) in [5, 5.41) is 5.42. The lowest BCUT2D eigenvalue weighted by Crippen LogP contribution is -1.94. The first-order chi connectivity index (χ1) is 9.74. The summed E-state index contributed by atoms with van der Waals surface area (Å²) in [6, 6.07) is 14.8. The maximum atomic E-state index is 6.13. The molecule has 3 nitrogen and oxygen atoms in total. The standard InChI is InChI=1S/C15H10Cl2N2O/c16-12-5-1-3-7-14(12)19-10-11(9-18-19)20-15-8-4-2-6-13(15)17/h1-10H. The van der Waals surface area contributed by atoms with Crippen molar-refractivity contribution < 1.29 is 4.74 Å². The Kier molecular flexibility index (Phi) is 3.63. The first-order valence-corrected chi connectivity index (χ1v) is 6.71. The fraction of sp³-hybridized carbons (Fsp3) is 0. The third kappa shape index (κ3) is 2.64. The summed E-state index contributed by atoms with van der Waals surface area (Å²) in [7, 11) is 0. The molecule has 0 fully saturated rings. The molecule has 3 aromatic rings. The second-order valence-electron chi connectivity index (χ2n) is 4.10. The van der Waals surface area contributed by atoms with Gasteiger partial charge in [-0.05, 0) is 24.3 Å². The van der Waals surface area contributed by atoms with Crippen LogP contribution in [-0.2, 0) is 0 Å². The predicted molar refractivity (Wildman–Crippen MR) is 80.1 cm³/mol. The fourth-order valence-electron chi connectivity index (χ4n) is 1.78. The van der Waals surface area contributed by atoms with Gasteiger partial charge in [0.1, 0.15) is 5.75 Å². The van der Waals surface area contributed by atoms with Gasteiger partial charge < -0.3 is 4.74 Å². The molecule has 5 heteroatoms. The summed E-state index contributed by atoms with van der Waals surface area (Å²) in [6.07, 6.45) is 3.37. The van der Waals surface area contributed by atoms with E-state index in [-0.39, 0.29) is 0 Å². The Morgan fingerprint density at radius 3 is 2.35 bits per heavy atom. The monoisotopic (exact) mass is 304 g/mol. The van der Waals surface area contributed by atoms with Crippen LogP contribution in [0.4, 0.5) is 0 Å². The Hall–Kier alpha value is -1.97. The van der Waals surface area contributed by atoms with E-state index >= 15 is 0 Å². The Morgan fingerprint density at radius 2 is 1.60 bits per heavy atom. The molecule has 0 saturated heterocycles. The molecule has 0 radical (unpaired) electrons. The minimum atomic E-state index is 0.554. The lowest BCUT2D eigenvalue weighted by Gasteiger charge is -2.04. The van der Waals surface area contributed by atoms with Crippen molar-refractivity contribution in [3.05, 3.63) is 71.0 Å². The first-order valence-electron chi connectivity index (χ1n) is 5.96. The third-order valence-corrected chi connectivity index (χ3v) is 3.35. The molecule has 1 heterocycles. The average Bonchev–Trinajstić information content (AvgIpc) is 2.90. The molecule has 20 heavy (non-hydrogen) atoms. The SMILES string of the molecule is Clc1ccccc1Oc1cnn(-c2ccccc2Cl)c1. The van der Waals surface area contributed by atoms with Gasteiger partial charge in [0, 0.05) is 0 Å². The van der Waals surface area contributed by atoms with Crippen LogP contribution in [0.25, 0.3) is 5.69 Å². The highest BCUT2D eigenvalue weighted by Crippen LogP contribution is 2.29. The van der Waals surface area contributed by atoms with Crippen molar-refractivity contribution in [2.24, 2.45) is 0 Å². The van der Waals surface area contributed by atoms with Crippen LogP contribution in [0, 0.1) is 0 Å². The van der Waals surface area contributed by atoms with Crippen molar-refractivity contribution in [1.82, 2.24) is 9.78 Å². The van der Waals surface area contributed by atoms with Crippen molar-refractivity contribution >= 4 is 23.2 Å². The van der Waals surface area contributed by atoms with E-state index in [4.69, 9.17) is 27.9 Å². The van der Waals surface area contributed by atoms with Crippen LogP contribution < -0.4 is 4.74 Å². The number of rotatable bonds is 3. The van der Waals surface area contributed by atoms with Crippen molar-refractivity contribution in [3.8, 4) is 17.2 Å². The fourth-order valence-corrected chi connectivity index (χ4v) is 2.18. The van der Waals surface area contributed by atoms with Gasteiger partial charge in [-0.1, -0.05) is 47.5 Å². The maximum absolute atomic E-state index is 6.13. The third-order valence-electron chi connectivity index (χ3n) is 2.72. The number of halogens is 2. The number of ether oxygens (including phenoxy) is 1. The van der Waals surface area contributed by atoms with Gasteiger partial charge in [0.05, 0.1) is 28.1 Å². The predicted octanol–water partition coefficient (Wildman–Crippen LogP) is 4.97. The van der Waals surface area contributed by atoms with Gasteiger partial charge in [-0.2, -0.15) is 5.10 Å². The summed E-state index contributed by atoms with van der Waals surface area (Å²) in [4.78, 5) is 0. The van der Waals surface area contributed by atoms with Gasteiger partial charge >= 0.3 is 0 Å². The average molecular weight is 305 g/mol. The number of nitrogens with zero attached hydrogens (tertiary/aromatic N) is 2. The quantitative estimate of drug-likeness (QED) is 0.683. The van der Waals surface area contributed by atoms with Gasteiger partial charge in [0.25, 0.3) is 0 Å². The molecule has 3 rings (SSSR count). The second-order valence-corrected chi connectivity index (χ2v) is 4.92. The highest BCUT2D eigenvalue weighted by atomic mass is 35.5. The smallest absolute Gasteiger partial charge is 0.165 e. The van der Waals surface area contributed by atoms with Crippen LogP contribution in [0.1, 0.15) is 0 Å². The second kappa shape index (κ2) is 5.57. The summed E-state index contributed by atoms with van der Waals surface area (Å²) >= 11 is 12.2. The van der Waals surface area contributed by atoms with Crippen LogP contribution in [0.3, 0.4) is 0 Å². The van der Waals surface area contributed by atoms with Crippen LogP contribution in [-0.4, -0.2) is 9.78 Å². The molecular weight excluding hydrogens is 295 g/mol. The molecule has 0 bridgehead atoms. The molecule has 0 aliphatic heterocycles. The number of hydrogen-bond acceptors (Lipinski definition) is 2. The van der Waals surface area contributed by atoms with Gasteiger partial charge in [0.15, 0.2) is 5.75 Å². The summed E-state index contributed by atoms with van der Waals surface area (Å²) in [6.45, 7) is 0. The van der Waals surface area contributed by atoms with E-state index in [1.54, 1.807) is 29.2 Å². The highest BCUT2D eigenvalue weighted by molar-refractivity contribution is 6.32. The topological polar surface area (TPSA) is 27.1 Å². The van der Waals surface area contributed by atoms with E-state index in [1.807, 2.05) is 36.4 Å². The highest BCUT2D eigenvalue weighted by Gasteiger charge is 2.07. The summed E-state index contributed by atoms with van der Waals surface area (Å²) < 4.78 is 7.35. The van der Waals surface area contributed by atoms with E-state index in [0.717, 1.165) is 5.69 Å². The molecular formula is C15H10Cl2N2O. The van der Waals surface area contributed by atoms with Crippen molar-refractivity contribution in [1.29, 1.82) is 0 Å². The normalized spacial score (nSPS) is 10.5. The zero-order valence-corrected chi connectivity index (χ0v) is 11.8. The minimum Gasteiger partial charge on any atom is -0.452 e. The summed E-state index contributed by atoms with van der Waals surface area (Å²) in [5.41, 5.74) is 0.795. The number of benzene rings is 2. The van der Waals surface area contributed by atoms with Crippen LogP contribution >= 0.6 is 23.2 Å². The molecule has 0 aliphatic rings. The van der Waals surface area contributed by atoms with Gasteiger partial charge in [-0.3, -0.25) is 0 Å². The molecule has 0 amide bonds.